The van der Waals surface area contributed by atoms with Gasteiger partial charge in [0.05, 0.1) is 12.1 Å². The van der Waals surface area contributed by atoms with E-state index in [0.717, 1.165) is 47.5 Å². The standard InChI is InChI=1S/C20H21N3O3/c1-3-26-17-7-5-4-6-13(17)14-10-15-18(21-20(24)19(15)22-25)16-11-23(2)9-8-12(14)16/h4-7,10,21,24H,3,8-9,11H2,1-2H3. The average molecular weight is 351 g/mol. The highest BCUT2D eigenvalue weighted by molar-refractivity contribution is 6.00. The monoisotopic (exact) mass is 351 g/mol. The largest absolute Gasteiger partial charge is 0.493 e. The number of nitroso groups, excluding NO2 is 1. The van der Waals surface area contributed by atoms with Crippen molar-refractivity contribution in [3.8, 4) is 22.8 Å². The van der Waals surface area contributed by atoms with Gasteiger partial charge in [-0.25, -0.2) is 0 Å². The van der Waals surface area contributed by atoms with Crippen molar-refractivity contribution in [1.82, 2.24) is 9.88 Å². The molecule has 3 aromatic rings. The van der Waals surface area contributed by atoms with Crippen molar-refractivity contribution >= 4 is 16.6 Å². The lowest BCUT2D eigenvalue weighted by atomic mass is 9.88. The minimum Gasteiger partial charge on any atom is -0.493 e. The molecule has 0 amide bonds. The fourth-order valence-corrected chi connectivity index (χ4v) is 3.83. The molecule has 2 N–H and O–H groups in total. The molecule has 1 aliphatic heterocycles. The number of aromatic nitrogens is 1. The molecule has 2 aromatic carbocycles. The highest BCUT2D eigenvalue weighted by Crippen LogP contribution is 2.44. The molecule has 1 aromatic heterocycles. The van der Waals surface area contributed by atoms with Crippen LogP contribution in [0.3, 0.4) is 0 Å². The number of likely N-dealkylation sites (N-methyl/N-ethyl adjacent to an activating group) is 1. The van der Waals surface area contributed by atoms with Crippen molar-refractivity contribution in [1.29, 1.82) is 0 Å². The first-order valence-electron chi connectivity index (χ1n) is 8.77. The Hall–Kier alpha value is -2.86. The van der Waals surface area contributed by atoms with Gasteiger partial charge < -0.3 is 19.7 Å². The van der Waals surface area contributed by atoms with Gasteiger partial charge in [-0.05, 0) is 54.4 Å². The number of para-hydroxylation sites is 1. The molecule has 0 atom stereocenters. The van der Waals surface area contributed by atoms with E-state index in [0.29, 0.717) is 12.0 Å². The molecule has 6 heteroatoms. The number of fused-ring (bicyclic) bond motifs is 3. The third kappa shape index (κ3) is 2.54. The number of hydrogen-bond donors (Lipinski definition) is 2. The second-order valence-corrected chi connectivity index (χ2v) is 6.63. The maximum Gasteiger partial charge on any atom is 0.219 e. The van der Waals surface area contributed by atoms with Crippen LogP contribution in [0.2, 0.25) is 0 Å². The van der Waals surface area contributed by atoms with Gasteiger partial charge in [-0.2, -0.15) is 0 Å². The second-order valence-electron chi connectivity index (χ2n) is 6.63. The van der Waals surface area contributed by atoms with Crippen LogP contribution in [0.5, 0.6) is 11.6 Å². The summed E-state index contributed by atoms with van der Waals surface area (Å²) in [4.78, 5) is 16.5. The molecule has 0 saturated heterocycles. The van der Waals surface area contributed by atoms with Gasteiger partial charge >= 0.3 is 0 Å². The van der Waals surface area contributed by atoms with Crippen LogP contribution in [0, 0.1) is 4.91 Å². The van der Waals surface area contributed by atoms with E-state index in [1.54, 1.807) is 0 Å². The molecule has 0 unspecified atom stereocenters. The van der Waals surface area contributed by atoms with Gasteiger partial charge in [0.1, 0.15) is 5.75 Å². The summed E-state index contributed by atoms with van der Waals surface area (Å²) in [6.45, 7) is 4.24. The third-order valence-corrected chi connectivity index (χ3v) is 5.01. The first-order chi connectivity index (χ1) is 12.6. The number of aromatic hydroxyl groups is 1. The maximum atomic E-state index is 11.3. The molecule has 0 fully saturated rings. The molecule has 1 aliphatic rings. The minimum absolute atomic E-state index is 0.0613. The van der Waals surface area contributed by atoms with Crippen LogP contribution in [-0.2, 0) is 13.0 Å². The number of benzene rings is 2. The molecule has 0 bridgehead atoms. The zero-order valence-corrected chi connectivity index (χ0v) is 14.9. The minimum atomic E-state index is -0.180. The summed E-state index contributed by atoms with van der Waals surface area (Å²) in [5.41, 5.74) is 5.20. The Kier molecular flexibility index (Phi) is 4.12. The summed E-state index contributed by atoms with van der Waals surface area (Å²) in [7, 11) is 2.07. The summed E-state index contributed by atoms with van der Waals surface area (Å²) in [5.74, 6) is 0.636. The van der Waals surface area contributed by atoms with Crippen LogP contribution < -0.4 is 4.74 Å². The molecular formula is C20H21N3O3. The Labute approximate surface area is 151 Å². The number of H-pyrrole nitrogens is 1. The number of nitrogens with one attached hydrogen (secondary N) is 1. The van der Waals surface area contributed by atoms with E-state index in [9.17, 15) is 10.0 Å². The smallest absolute Gasteiger partial charge is 0.219 e. The SMILES string of the molecule is CCOc1ccccc1-c1cc2c(N=O)c(O)[nH]c2c2c1CCN(C)C2. The molecule has 6 nitrogen and oxygen atoms in total. The number of rotatable bonds is 4. The van der Waals surface area contributed by atoms with Crippen molar-refractivity contribution in [2.75, 3.05) is 20.2 Å². The van der Waals surface area contributed by atoms with Crippen LogP contribution in [-0.4, -0.2) is 35.2 Å². The van der Waals surface area contributed by atoms with E-state index in [4.69, 9.17) is 4.74 Å². The molecule has 26 heavy (non-hydrogen) atoms. The van der Waals surface area contributed by atoms with Gasteiger partial charge in [0.15, 0.2) is 5.69 Å². The van der Waals surface area contributed by atoms with E-state index in [1.165, 1.54) is 5.56 Å². The maximum absolute atomic E-state index is 11.3. The first-order valence-corrected chi connectivity index (χ1v) is 8.77. The van der Waals surface area contributed by atoms with Crippen molar-refractivity contribution < 1.29 is 9.84 Å². The van der Waals surface area contributed by atoms with E-state index >= 15 is 0 Å². The predicted molar refractivity (Wildman–Crippen MR) is 102 cm³/mol. The van der Waals surface area contributed by atoms with Gasteiger partial charge in [0.25, 0.3) is 0 Å². The Balaban J connectivity index is 2.05. The topological polar surface area (TPSA) is 77.9 Å². The molecule has 2 heterocycles. The molecule has 0 radical (unpaired) electrons. The van der Waals surface area contributed by atoms with Crippen LogP contribution in [0.15, 0.2) is 35.5 Å². The van der Waals surface area contributed by atoms with Gasteiger partial charge in [-0.3, -0.25) is 0 Å². The van der Waals surface area contributed by atoms with Crippen molar-refractivity contribution in [2.24, 2.45) is 5.18 Å². The second kappa shape index (κ2) is 6.46. The lowest BCUT2D eigenvalue weighted by molar-refractivity contribution is 0.314. The lowest BCUT2D eigenvalue weighted by Crippen LogP contribution is -2.27. The number of ether oxygens (including phenoxy) is 1. The van der Waals surface area contributed by atoms with E-state index in [2.05, 4.69) is 22.1 Å². The summed E-state index contributed by atoms with van der Waals surface area (Å²) < 4.78 is 5.82. The zero-order chi connectivity index (χ0) is 18.3. The molecule has 4 rings (SSSR count). The van der Waals surface area contributed by atoms with Gasteiger partial charge in [-0.15, -0.1) is 4.91 Å². The average Bonchev–Trinajstić information content (AvgIpc) is 2.97. The zero-order valence-electron chi connectivity index (χ0n) is 14.9. The summed E-state index contributed by atoms with van der Waals surface area (Å²) >= 11 is 0. The summed E-state index contributed by atoms with van der Waals surface area (Å²) in [6.07, 6.45) is 0.890. The van der Waals surface area contributed by atoms with E-state index in [-0.39, 0.29) is 11.6 Å². The highest BCUT2D eigenvalue weighted by atomic mass is 16.5. The Morgan fingerprint density at radius 2 is 2.08 bits per heavy atom. The van der Waals surface area contributed by atoms with Crippen LogP contribution in [0.4, 0.5) is 5.69 Å². The summed E-state index contributed by atoms with van der Waals surface area (Å²) in [6, 6.07) is 9.87. The van der Waals surface area contributed by atoms with Gasteiger partial charge in [-0.1, -0.05) is 18.2 Å². The van der Waals surface area contributed by atoms with Crippen LogP contribution >= 0.6 is 0 Å². The fraction of sp³-hybridized carbons (Fsp3) is 0.300. The molecule has 134 valence electrons. The van der Waals surface area contributed by atoms with E-state index < -0.39 is 0 Å². The molecular weight excluding hydrogens is 330 g/mol. The van der Waals surface area contributed by atoms with Gasteiger partial charge in [0, 0.05) is 24.0 Å². The van der Waals surface area contributed by atoms with Crippen molar-refractivity contribution in [2.45, 2.75) is 19.9 Å². The van der Waals surface area contributed by atoms with Crippen molar-refractivity contribution in [3.63, 3.8) is 0 Å². The Bertz CT molecular complexity index is 994. The highest BCUT2D eigenvalue weighted by Gasteiger charge is 2.25. The Morgan fingerprint density at radius 3 is 2.85 bits per heavy atom. The number of nitrogens with zero attached hydrogens (tertiary/aromatic N) is 2. The fourth-order valence-electron chi connectivity index (χ4n) is 3.83. The Morgan fingerprint density at radius 1 is 1.27 bits per heavy atom. The first kappa shape index (κ1) is 16.6. The summed E-state index contributed by atoms with van der Waals surface area (Å²) in [5, 5.41) is 13.8. The normalized spacial score (nSPS) is 14.4. The quantitative estimate of drug-likeness (QED) is 0.686. The lowest BCUT2D eigenvalue weighted by Gasteiger charge is -2.28. The van der Waals surface area contributed by atoms with Crippen LogP contribution in [0.25, 0.3) is 22.0 Å². The third-order valence-electron chi connectivity index (χ3n) is 5.01. The number of aromatic amines is 1. The van der Waals surface area contributed by atoms with E-state index in [1.807, 2.05) is 37.3 Å². The van der Waals surface area contributed by atoms with Crippen molar-refractivity contribution in [3.05, 3.63) is 46.4 Å². The molecule has 0 saturated carbocycles. The van der Waals surface area contributed by atoms with Crippen LogP contribution in [0.1, 0.15) is 18.1 Å². The predicted octanol–water partition coefficient (Wildman–Crippen LogP) is 4.33. The number of hydrogen-bond acceptors (Lipinski definition) is 5. The molecule has 0 spiro atoms. The van der Waals surface area contributed by atoms with Gasteiger partial charge in [0.2, 0.25) is 5.88 Å². The molecule has 0 aliphatic carbocycles.